The second-order valence-corrected chi connectivity index (χ2v) is 17.5. The Balaban J connectivity index is 1.29. The van der Waals surface area contributed by atoms with Crippen LogP contribution in [0.25, 0.3) is 0 Å². The average Bonchev–Trinajstić information content (AvgIpc) is 3.20. The maximum absolute atomic E-state index is 12.1. The fourth-order valence-electron chi connectivity index (χ4n) is 13.1. The van der Waals surface area contributed by atoms with E-state index >= 15 is 0 Å². The summed E-state index contributed by atoms with van der Waals surface area (Å²) in [5, 5.41) is 11.1. The molecule has 0 bridgehead atoms. The van der Waals surface area contributed by atoms with Crippen LogP contribution in [0.4, 0.5) is 0 Å². The van der Waals surface area contributed by atoms with E-state index in [2.05, 4.69) is 48.5 Å². The van der Waals surface area contributed by atoms with Crippen molar-refractivity contribution >= 4 is 11.9 Å². The average molecular weight is 603 g/mol. The van der Waals surface area contributed by atoms with Crippen LogP contribution in [0, 0.1) is 50.2 Å². The zero-order valence-electron chi connectivity index (χ0n) is 28.3. The zero-order chi connectivity index (χ0) is 31.4. The van der Waals surface area contributed by atoms with Gasteiger partial charge in [0.15, 0.2) is 0 Å². The van der Waals surface area contributed by atoms with E-state index in [1.807, 2.05) is 0 Å². The molecule has 6 rings (SSSR count). The number of carbonyl (C=O) groups excluding carboxylic acids is 2. The highest BCUT2D eigenvalue weighted by atomic mass is 16.6. The molecule has 0 spiro atoms. The first kappa shape index (κ1) is 31.8. The molecule has 13 atom stereocenters. The van der Waals surface area contributed by atoms with Gasteiger partial charge in [0.05, 0.1) is 31.5 Å². The molecule has 0 aromatic rings. The summed E-state index contributed by atoms with van der Waals surface area (Å²) in [4.78, 5) is 23.7. The molecule has 2 aliphatic heterocycles. The van der Waals surface area contributed by atoms with Gasteiger partial charge in [0.25, 0.3) is 0 Å². The molecule has 7 nitrogen and oxygen atoms in total. The SMILES string of the molecule is CC(=O)O[C@@H]1COC(C[C@@]2(C)COC3CC4[C@@]5(C)CC[C@H](O)C(C)(C)C5CC[C@@]4(C)[C@]4(C)CCC2[C@@]34C)[C@H](OC(C)=O)C1. The summed E-state index contributed by atoms with van der Waals surface area (Å²) in [6, 6.07) is 0. The van der Waals surface area contributed by atoms with E-state index in [-0.39, 0.29) is 62.7 Å². The minimum absolute atomic E-state index is 0.0318. The van der Waals surface area contributed by atoms with E-state index in [4.69, 9.17) is 18.9 Å². The van der Waals surface area contributed by atoms with Crippen LogP contribution in [0.1, 0.15) is 120 Å². The number of hydrogen-bond donors (Lipinski definition) is 1. The third-order valence-corrected chi connectivity index (χ3v) is 15.4. The summed E-state index contributed by atoms with van der Waals surface area (Å²) in [6.07, 6.45) is 8.02. The summed E-state index contributed by atoms with van der Waals surface area (Å²) in [6.45, 7) is 21.2. The predicted octanol–water partition coefficient (Wildman–Crippen LogP) is 6.48. The molecule has 244 valence electrons. The molecule has 4 saturated carbocycles. The number of aliphatic hydroxyl groups excluding tert-OH is 1. The largest absolute Gasteiger partial charge is 0.460 e. The molecule has 0 aromatic carbocycles. The summed E-state index contributed by atoms with van der Waals surface area (Å²) in [7, 11) is 0. The molecule has 43 heavy (non-hydrogen) atoms. The third-order valence-electron chi connectivity index (χ3n) is 15.4. The molecular formula is C36H58O7. The second-order valence-electron chi connectivity index (χ2n) is 17.5. The lowest BCUT2D eigenvalue weighted by molar-refractivity contribution is -0.306. The van der Waals surface area contributed by atoms with Gasteiger partial charge in [-0.1, -0.05) is 48.5 Å². The normalized spacial score (nSPS) is 53.6. The highest BCUT2D eigenvalue weighted by Gasteiger charge is 2.77. The monoisotopic (exact) mass is 602 g/mol. The van der Waals surface area contributed by atoms with E-state index < -0.39 is 12.2 Å². The topological polar surface area (TPSA) is 91.3 Å². The lowest BCUT2D eigenvalue weighted by Gasteiger charge is -2.74. The van der Waals surface area contributed by atoms with Crippen LogP contribution < -0.4 is 0 Å². The lowest BCUT2D eigenvalue weighted by atomic mass is 9.32. The van der Waals surface area contributed by atoms with Crippen LogP contribution in [0.5, 0.6) is 0 Å². The molecule has 0 aromatic heterocycles. The van der Waals surface area contributed by atoms with Crippen LogP contribution in [-0.4, -0.2) is 60.8 Å². The van der Waals surface area contributed by atoms with E-state index in [1.54, 1.807) is 0 Å². The Bertz CT molecular complexity index is 1140. The van der Waals surface area contributed by atoms with Gasteiger partial charge >= 0.3 is 11.9 Å². The van der Waals surface area contributed by atoms with E-state index in [0.29, 0.717) is 37.4 Å². The van der Waals surface area contributed by atoms with Crippen molar-refractivity contribution in [3.05, 3.63) is 0 Å². The van der Waals surface area contributed by atoms with Gasteiger partial charge in [0.1, 0.15) is 12.2 Å². The van der Waals surface area contributed by atoms with Gasteiger partial charge in [-0.05, 0) is 96.2 Å². The number of carbonyl (C=O) groups is 2. The smallest absolute Gasteiger partial charge is 0.302 e. The summed E-state index contributed by atoms with van der Waals surface area (Å²) >= 11 is 0. The van der Waals surface area contributed by atoms with Gasteiger partial charge in [-0.15, -0.1) is 0 Å². The molecule has 2 heterocycles. The van der Waals surface area contributed by atoms with Crippen LogP contribution >= 0.6 is 0 Å². The quantitative estimate of drug-likeness (QED) is 0.368. The molecule has 0 amide bonds. The number of ether oxygens (including phenoxy) is 4. The number of fused-ring (bicyclic) bond motifs is 4. The molecule has 4 aliphatic carbocycles. The predicted molar refractivity (Wildman–Crippen MR) is 163 cm³/mol. The second kappa shape index (κ2) is 10.2. The molecule has 0 radical (unpaired) electrons. The zero-order valence-corrected chi connectivity index (χ0v) is 28.3. The standard InChI is InChI=1S/C36H58O7/c1-21(37)42-23-16-24(43-22(2)38)25(40-19-23)18-32(5)20-41-30-17-28-33(6)13-12-29(39)31(3,4)26(33)10-14-34(28,7)35(8)15-11-27(32)36(30,35)9/h23-30,39H,10-20H2,1-9H3/t23-,24+,25?,26?,27?,28?,29-,30?,32-,33-,34+,35-,36-/m0/s1. The van der Waals surface area contributed by atoms with Crippen molar-refractivity contribution in [1.29, 1.82) is 0 Å². The van der Waals surface area contributed by atoms with E-state index in [1.165, 1.54) is 39.5 Å². The number of rotatable bonds is 4. The van der Waals surface area contributed by atoms with Crippen molar-refractivity contribution in [2.45, 2.75) is 151 Å². The van der Waals surface area contributed by atoms with Crippen molar-refractivity contribution in [2.24, 2.45) is 50.2 Å². The summed E-state index contributed by atoms with van der Waals surface area (Å²) in [5.74, 6) is 0.902. The Morgan fingerprint density at radius 2 is 1.49 bits per heavy atom. The third kappa shape index (κ3) is 4.36. The maximum Gasteiger partial charge on any atom is 0.302 e. The number of aliphatic hydroxyl groups is 1. The maximum atomic E-state index is 12.1. The van der Waals surface area contributed by atoms with Crippen LogP contribution in [0.2, 0.25) is 0 Å². The first-order chi connectivity index (χ1) is 19.9. The Kier molecular flexibility index (Phi) is 7.51. The van der Waals surface area contributed by atoms with Gasteiger partial charge in [-0.2, -0.15) is 0 Å². The van der Waals surface area contributed by atoms with Gasteiger partial charge in [0, 0.05) is 25.7 Å². The molecule has 5 unspecified atom stereocenters. The van der Waals surface area contributed by atoms with Crippen molar-refractivity contribution in [1.82, 2.24) is 0 Å². The fourth-order valence-corrected chi connectivity index (χ4v) is 13.1. The Labute approximate surface area is 259 Å². The van der Waals surface area contributed by atoms with E-state index in [0.717, 1.165) is 25.7 Å². The highest BCUT2D eigenvalue weighted by Crippen LogP contribution is 2.81. The molecule has 1 N–H and O–H groups in total. The fraction of sp³-hybridized carbons (Fsp3) is 0.944. The van der Waals surface area contributed by atoms with Crippen molar-refractivity contribution in [3.8, 4) is 0 Å². The number of esters is 2. The van der Waals surface area contributed by atoms with Gasteiger partial charge < -0.3 is 24.1 Å². The van der Waals surface area contributed by atoms with Crippen LogP contribution in [-0.2, 0) is 28.5 Å². The Hall–Kier alpha value is -1.18. The van der Waals surface area contributed by atoms with Gasteiger partial charge in [-0.25, -0.2) is 0 Å². The lowest BCUT2D eigenvalue weighted by Crippen LogP contribution is -2.71. The number of hydrogen-bond acceptors (Lipinski definition) is 7. The van der Waals surface area contributed by atoms with Crippen molar-refractivity contribution in [3.63, 3.8) is 0 Å². The van der Waals surface area contributed by atoms with Crippen LogP contribution in [0.15, 0.2) is 0 Å². The van der Waals surface area contributed by atoms with Gasteiger partial charge in [-0.3, -0.25) is 9.59 Å². The van der Waals surface area contributed by atoms with E-state index in [9.17, 15) is 14.7 Å². The molecule has 6 aliphatic rings. The van der Waals surface area contributed by atoms with Crippen molar-refractivity contribution in [2.75, 3.05) is 13.2 Å². The Morgan fingerprint density at radius 1 is 0.814 bits per heavy atom. The first-order valence-electron chi connectivity index (χ1n) is 17.2. The molecule has 7 heteroatoms. The minimum atomic E-state index is -0.445. The first-order valence-corrected chi connectivity index (χ1v) is 17.2. The molecule has 2 saturated heterocycles. The molecular weight excluding hydrogens is 544 g/mol. The molecule has 6 fully saturated rings. The highest BCUT2D eigenvalue weighted by molar-refractivity contribution is 5.66. The van der Waals surface area contributed by atoms with Gasteiger partial charge in [0.2, 0.25) is 0 Å². The summed E-state index contributed by atoms with van der Waals surface area (Å²) < 4.78 is 24.7. The Morgan fingerprint density at radius 3 is 2.16 bits per heavy atom. The summed E-state index contributed by atoms with van der Waals surface area (Å²) in [5.41, 5.74) is 0.390. The van der Waals surface area contributed by atoms with Crippen molar-refractivity contribution < 1.29 is 33.6 Å². The minimum Gasteiger partial charge on any atom is -0.460 e. The van der Waals surface area contributed by atoms with Crippen LogP contribution in [0.3, 0.4) is 0 Å².